The summed E-state index contributed by atoms with van der Waals surface area (Å²) in [5, 5.41) is 0. The van der Waals surface area contributed by atoms with Crippen LogP contribution in [0.2, 0.25) is 0 Å². The number of imidazole rings is 1. The number of aromatic nitrogens is 2. The van der Waals surface area contributed by atoms with Gasteiger partial charge in [-0.1, -0.05) is 12.1 Å². The first kappa shape index (κ1) is 11.7. The van der Waals surface area contributed by atoms with E-state index in [0.717, 1.165) is 11.0 Å². The van der Waals surface area contributed by atoms with Crippen molar-refractivity contribution in [2.24, 2.45) is 0 Å². The van der Waals surface area contributed by atoms with Gasteiger partial charge in [-0.15, -0.1) is 0 Å². The van der Waals surface area contributed by atoms with Crippen LogP contribution < -0.4 is 4.74 Å². The van der Waals surface area contributed by atoms with Crippen LogP contribution in [0.4, 0.5) is 4.39 Å². The van der Waals surface area contributed by atoms with E-state index in [2.05, 4.69) is 9.97 Å². The number of fused-ring (bicyclic) bond motifs is 1. The maximum atomic E-state index is 13.8. The lowest BCUT2D eigenvalue weighted by Gasteiger charge is -2.05. The molecule has 0 atom stereocenters. The molecule has 3 nitrogen and oxygen atoms in total. The van der Waals surface area contributed by atoms with Gasteiger partial charge in [-0.3, -0.25) is 0 Å². The Morgan fingerprint density at radius 1 is 1.21 bits per heavy atom. The molecular weight excluding hydrogens is 243 g/mol. The summed E-state index contributed by atoms with van der Waals surface area (Å²) in [6.07, 6.45) is 0. The van der Waals surface area contributed by atoms with E-state index in [1.807, 2.05) is 31.2 Å². The molecule has 19 heavy (non-hydrogen) atoms. The molecule has 0 aliphatic carbocycles. The van der Waals surface area contributed by atoms with Crippen molar-refractivity contribution >= 4 is 11.0 Å². The van der Waals surface area contributed by atoms with Crippen molar-refractivity contribution < 1.29 is 9.13 Å². The van der Waals surface area contributed by atoms with Crippen LogP contribution in [0.25, 0.3) is 22.4 Å². The number of para-hydroxylation sites is 2. The van der Waals surface area contributed by atoms with Gasteiger partial charge in [0.05, 0.1) is 17.6 Å². The van der Waals surface area contributed by atoms with Gasteiger partial charge in [-0.2, -0.15) is 0 Å². The summed E-state index contributed by atoms with van der Waals surface area (Å²) in [4.78, 5) is 7.61. The zero-order valence-corrected chi connectivity index (χ0v) is 10.5. The van der Waals surface area contributed by atoms with Crippen molar-refractivity contribution in [1.82, 2.24) is 9.97 Å². The minimum absolute atomic E-state index is 0.266. The first-order valence-corrected chi connectivity index (χ1v) is 6.15. The highest BCUT2D eigenvalue weighted by molar-refractivity contribution is 5.79. The number of hydrogen-bond acceptors (Lipinski definition) is 2. The normalized spacial score (nSPS) is 10.8. The second kappa shape index (κ2) is 4.72. The third-order valence-corrected chi connectivity index (χ3v) is 2.89. The third-order valence-electron chi connectivity index (χ3n) is 2.89. The van der Waals surface area contributed by atoms with Crippen molar-refractivity contribution in [2.75, 3.05) is 6.61 Å². The zero-order chi connectivity index (χ0) is 13.2. The maximum absolute atomic E-state index is 13.8. The van der Waals surface area contributed by atoms with E-state index < -0.39 is 0 Å². The topological polar surface area (TPSA) is 37.9 Å². The highest BCUT2D eigenvalue weighted by Crippen LogP contribution is 2.25. The Morgan fingerprint density at radius 2 is 2.05 bits per heavy atom. The number of hydrogen-bond donors (Lipinski definition) is 1. The van der Waals surface area contributed by atoms with Gasteiger partial charge in [0.2, 0.25) is 0 Å². The smallest absolute Gasteiger partial charge is 0.165 e. The quantitative estimate of drug-likeness (QED) is 0.774. The van der Waals surface area contributed by atoms with Gasteiger partial charge in [0, 0.05) is 5.56 Å². The van der Waals surface area contributed by atoms with Crippen LogP contribution in [0.1, 0.15) is 6.92 Å². The van der Waals surface area contributed by atoms with Gasteiger partial charge in [-0.05, 0) is 37.3 Å². The molecule has 0 fully saturated rings. The molecular formula is C15H13FN2O. The molecule has 1 aromatic heterocycles. The average molecular weight is 256 g/mol. The number of benzene rings is 2. The SMILES string of the molecule is CCOc1ccc(-c2nc3ccccc3[nH]2)cc1F. The molecule has 3 rings (SSSR count). The van der Waals surface area contributed by atoms with E-state index in [4.69, 9.17) is 4.74 Å². The van der Waals surface area contributed by atoms with Gasteiger partial charge in [0.15, 0.2) is 11.6 Å². The lowest BCUT2D eigenvalue weighted by atomic mass is 10.2. The van der Waals surface area contributed by atoms with Crippen molar-refractivity contribution in [3.8, 4) is 17.1 Å². The highest BCUT2D eigenvalue weighted by atomic mass is 19.1. The van der Waals surface area contributed by atoms with E-state index in [0.29, 0.717) is 18.0 Å². The number of H-pyrrole nitrogens is 1. The summed E-state index contributed by atoms with van der Waals surface area (Å²) in [6, 6.07) is 12.6. The molecule has 2 aromatic carbocycles. The van der Waals surface area contributed by atoms with E-state index in [9.17, 15) is 4.39 Å². The fourth-order valence-corrected chi connectivity index (χ4v) is 2.01. The molecule has 0 saturated carbocycles. The minimum atomic E-state index is -0.375. The van der Waals surface area contributed by atoms with Crippen LogP contribution in [-0.2, 0) is 0 Å². The summed E-state index contributed by atoms with van der Waals surface area (Å²) in [5.41, 5.74) is 2.51. The largest absolute Gasteiger partial charge is 0.491 e. The third kappa shape index (κ3) is 2.17. The molecule has 0 aliphatic heterocycles. The highest BCUT2D eigenvalue weighted by Gasteiger charge is 2.09. The lowest BCUT2D eigenvalue weighted by Crippen LogP contribution is -1.94. The van der Waals surface area contributed by atoms with Crippen LogP contribution in [-0.4, -0.2) is 16.6 Å². The van der Waals surface area contributed by atoms with Gasteiger partial charge < -0.3 is 9.72 Å². The van der Waals surface area contributed by atoms with Gasteiger partial charge in [-0.25, -0.2) is 9.37 Å². The number of aromatic amines is 1. The molecule has 0 amide bonds. The van der Waals surface area contributed by atoms with Gasteiger partial charge in [0.1, 0.15) is 5.82 Å². The molecule has 1 heterocycles. The Kier molecular flexibility index (Phi) is 2.91. The molecule has 0 bridgehead atoms. The number of nitrogens with zero attached hydrogens (tertiary/aromatic N) is 1. The number of rotatable bonds is 3. The Bertz CT molecular complexity index is 688. The van der Waals surface area contributed by atoms with E-state index in [-0.39, 0.29) is 11.6 Å². The van der Waals surface area contributed by atoms with Gasteiger partial charge >= 0.3 is 0 Å². The number of ether oxygens (including phenoxy) is 1. The fraction of sp³-hybridized carbons (Fsp3) is 0.133. The monoisotopic (exact) mass is 256 g/mol. The molecule has 1 N–H and O–H groups in total. The minimum Gasteiger partial charge on any atom is -0.491 e. The van der Waals surface area contributed by atoms with Crippen LogP contribution >= 0.6 is 0 Å². The molecule has 0 aliphatic rings. The fourth-order valence-electron chi connectivity index (χ4n) is 2.01. The lowest BCUT2D eigenvalue weighted by molar-refractivity contribution is 0.321. The van der Waals surface area contributed by atoms with Crippen molar-refractivity contribution in [3.63, 3.8) is 0 Å². The summed E-state index contributed by atoms with van der Waals surface area (Å²) in [5.74, 6) is 0.547. The van der Waals surface area contributed by atoms with Crippen LogP contribution in [0.5, 0.6) is 5.75 Å². The summed E-state index contributed by atoms with van der Waals surface area (Å²) in [7, 11) is 0. The van der Waals surface area contributed by atoms with Crippen molar-refractivity contribution in [1.29, 1.82) is 0 Å². The molecule has 0 radical (unpaired) electrons. The van der Waals surface area contributed by atoms with Crippen molar-refractivity contribution in [3.05, 3.63) is 48.3 Å². The van der Waals surface area contributed by atoms with E-state index in [1.165, 1.54) is 6.07 Å². The zero-order valence-electron chi connectivity index (χ0n) is 10.5. The second-order valence-corrected chi connectivity index (χ2v) is 4.18. The predicted octanol–water partition coefficient (Wildman–Crippen LogP) is 3.77. The van der Waals surface area contributed by atoms with Crippen LogP contribution in [0.15, 0.2) is 42.5 Å². The Labute approximate surface area is 110 Å². The summed E-state index contributed by atoms with van der Waals surface area (Å²) < 4.78 is 19.0. The van der Waals surface area contributed by atoms with E-state index >= 15 is 0 Å². The Morgan fingerprint density at radius 3 is 2.79 bits per heavy atom. The first-order valence-electron chi connectivity index (χ1n) is 6.15. The number of halogens is 1. The maximum Gasteiger partial charge on any atom is 0.165 e. The summed E-state index contributed by atoms with van der Waals surface area (Å²) >= 11 is 0. The molecule has 96 valence electrons. The van der Waals surface area contributed by atoms with E-state index in [1.54, 1.807) is 12.1 Å². The Balaban J connectivity index is 2.03. The average Bonchev–Trinajstić information content (AvgIpc) is 2.85. The standard InChI is InChI=1S/C15H13FN2O/c1-2-19-14-8-7-10(9-11(14)16)15-17-12-5-3-4-6-13(12)18-15/h3-9H,2H2,1H3,(H,17,18). The number of nitrogens with one attached hydrogen (secondary N) is 1. The van der Waals surface area contributed by atoms with Crippen LogP contribution in [0.3, 0.4) is 0 Å². The molecule has 0 unspecified atom stereocenters. The predicted molar refractivity (Wildman–Crippen MR) is 72.7 cm³/mol. The molecule has 4 heteroatoms. The molecule has 0 saturated heterocycles. The Hall–Kier alpha value is -2.36. The molecule has 0 spiro atoms. The second-order valence-electron chi connectivity index (χ2n) is 4.18. The van der Waals surface area contributed by atoms with Gasteiger partial charge in [0.25, 0.3) is 0 Å². The van der Waals surface area contributed by atoms with Crippen LogP contribution in [0, 0.1) is 5.82 Å². The van der Waals surface area contributed by atoms with Crippen molar-refractivity contribution in [2.45, 2.75) is 6.92 Å². The molecule has 3 aromatic rings. The summed E-state index contributed by atoms with van der Waals surface area (Å²) in [6.45, 7) is 2.27. The first-order chi connectivity index (χ1) is 9.28.